The summed E-state index contributed by atoms with van der Waals surface area (Å²) in [5.74, 6) is -0.938. The number of ether oxygens (including phenoxy) is 1. The zero-order valence-electron chi connectivity index (χ0n) is 21.3. The zero-order chi connectivity index (χ0) is 28.8. The minimum Gasteiger partial charge on any atom is -0.422 e. The Hall–Kier alpha value is -4.99. The van der Waals surface area contributed by atoms with E-state index >= 15 is 0 Å². The molecule has 0 radical (unpaired) electrons. The van der Waals surface area contributed by atoms with Crippen molar-refractivity contribution in [3.63, 3.8) is 0 Å². The van der Waals surface area contributed by atoms with Gasteiger partial charge >= 0.3 is 5.97 Å². The van der Waals surface area contributed by atoms with Gasteiger partial charge in [-0.25, -0.2) is 18.6 Å². The fraction of sp³-hybridized carbons (Fsp3) is 0. The molecule has 204 valence electrons. The number of hydrogen-bond acceptors (Lipinski definition) is 6. The van der Waals surface area contributed by atoms with Crippen LogP contribution in [0.25, 0.3) is 10.8 Å². The van der Waals surface area contributed by atoms with E-state index in [9.17, 15) is 18.0 Å². The van der Waals surface area contributed by atoms with Gasteiger partial charge in [0.15, 0.2) is 0 Å². The lowest BCUT2D eigenvalue weighted by atomic mass is 10.0. The number of hydrazone groups is 1. The number of fused-ring (bicyclic) bond motifs is 1. The van der Waals surface area contributed by atoms with Gasteiger partial charge in [0.25, 0.3) is 15.9 Å². The van der Waals surface area contributed by atoms with Crippen LogP contribution in [0.1, 0.15) is 26.3 Å². The zero-order valence-corrected chi connectivity index (χ0v) is 22.9. The number of sulfonamides is 1. The number of hydrogen-bond donors (Lipinski definition) is 2. The van der Waals surface area contributed by atoms with Gasteiger partial charge < -0.3 is 4.74 Å². The van der Waals surface area contributed by atoms with E-state index < -0.39 is 21.9 Å². The summed E-state index contributed by atoms with van der Waals surface area (Å²) in [5.41, 5.74) is 3.41. The van der Waals surface area contributed by atoms with Crippen LogP contribution in [0.3, 0.4) is 0 Å². The van der Waals surface area contributed by atoms with Gasteiger partial charge in [0.05, 0.1) is 27.9 Å². The third-order valence-electron chi connectivity index (χ3n) is 6.04. The number of nitrogens with zero attached hydrogens (tertiary/aromatic N) is 1. The topological polar surface area (TPSA) is 114 Å². The van der Waals surface area contributed by atoms with Crippen LogP contribution in [0.4, 0.5) is 5.69 Å². The van der Waals surface area contributed by atoms with E-state index in [2.05, 4.69) is 15.2 Å². The first-order valence-corrected chi connectivity index (χ1v) is 14.2. The van der Waals surface area contributed by atoms with Crippen LogP contribution < -0.4 is 14.9 Å². The highest BCUT2D eigenvalue weighted by molar-refractivity contribution is 7.92. The fourth-order valence-corrected chi connectivity index (χ4v) is 5.24. The number of anilines is 1. The van der Waals surface area contributed by atoms with Gasteiger partial charge in [0.1, 0.15) is 5.75 Å². The number of para-hydroxylation sites is 1. The van der Waals surface area contributed by atoms with Gasteiger partial charge in [0, 0.05) is 10.6 Å². The number of benzene rings is 5. The van der Waals surface area contributed by atoms with E-state index in [-0.39, 0.29) is 21.9 Å². The Labute approximate surface area is 241 Å². The normalized spacial score (nSPS) is 11.3. The molecule has 0 saturated heterocycles. The largest absolute Gasteiger partial charge is 0.422 e. The SMILES string of the molecule is O=C(Oc1ccc2ccccc2c1/C=N/NC(=O)c1ccccc1NS(=O)(=O)c1ccc(Cl)cc1)c1ccccc1. The molecule has 0 atom stereocenters. The summed E-state index contributed by atoms with van der Waals surface area (Å²) in [6.45, 7) is 0. The van der Waals surface area contributed by atoms with Crippen LogP contribution in [0.5, 0.6) is 5.75 Å². The van der Waals surface area contributed by atoms with Crippen molar-refractivity contribution in [2.45, 2.75) is 4.90 Å². The van der Waals surface area contributed by atoms with Crippen molar-refractivity contribution in [1.29, 1.82) is 0 Å². The minimum absolute atomic E-state index is 0.0105. The Morgan fingerprint density at radius 2 is 1.46 bits per heavy atom. The first kappa shape index (κ1) is 27.6. The molecule has 5 aromatic rings. The molecule has 0 aromatic heterocycles. The van der Waals surface area contributed by atoms with Gasteiger partial charge in [-0.05, 0) is 65.4 Å². The number of carbonyl (C=O) groups excluding carboxylic acids is 2. The monoisotopic (exact) mass is 583 g/mol. The number of rotatable bonds is 8. The second kappa shape index (κ2) is 12.0. The Balaban J connectivity index is 1.39. The molecule has 8 nitrogen and oxygen atoms in total. The van der Waals surface area contributed by atoms with E-state index in [4.69, 9.17) is 16.3 Å². The predicted octanol–water partition coefficient (Wildman–Crippen LogP) is 6.28. The molecule has 0 unspecified atom stereocenters. The Kier molecular flexibility index (Phi) is 8.09. The van der Waals surface area contributed by atoms with Gasteiger partial charge in [-0.2, -0.15) is 5.10 Å². The number of esters is 1. The Bertz CT molecular complexity index is 1880. The summed E-state index contributed by atoms with van der Waals surface area (Å²) >= 11 is 5.87. The fourth-order valence-electron chi connectivity index (χ4n) is 4.03. The minimum atomic E-state index is -3.99. The molecule has 5 aromatic carbocycles. The molecule has 2 N–H and O–H groups in total. The number of carbonyl (C=O) groups is 2. The van der Waals surface area contributed by atoms with Gasteiger partial charge in [-0.15, -0.1) is 0 Å². The summed E-state index contributed by atoms with van der Waals surface area (Å²) in [6, 6.07) is 31.3. The molecular formula is C31H22ClN3O5S. The highest BCUT2D eigenvalue weighted by Crippen LogP contribution is 2.28. The second-order valence-corrected chi connectivity index (χ2v) is 10.9. The molecule has 5 rings (SSSR count). The highest BCUT2D eigenvalue weighted by Gasteiger charge is 2.19. The summed E-state index contributed by atoms with van der Waals surface area (Å²) in [5, 5.41) is 6.13. The molecule has 0 spiro atoms. The molecular weight excluding hydrogens is 562 g/mol. The van der Waals surface area contributed by atoms with Crippen LogP contribution in [0, 0.1) is 0 Å². The molecule has 0 saturated carbocycles. The van der Waals surface area contributed by atoms with Gasteiger partial charge in [0.2, 0.25) is 0 Å². The Morgan fingerprint density at radius 1 is 0.780 bits per heavy atom. The maximum Gasteiger partial charge on any atom is 0.343 e. The maximum absolute atomic E-state index is 13.1. The summed E-state index contributed by atoms with van der Waals surface area (Å²) < 4.78 is 33.9. The smallest absolute Gasteiger partial charge is 0.343 e. The van der Waals surface area contributed by atoms with Crippen molar-refractivity contribution in [2.75, 3.05) is 4.72 Å². The second-order valence-electron chi connectivity index (χ2n) is 8.76. The van der Waals surface area contributed by atoms with Gasteiger partial charge in [-0.3, -0.25) is 9.52 Å². The third-order valence-corrected chi connectivity index (χ3v) is 7.68. The van der Waals surface area contributed by atoms with Crippen molar-refractivity contribution >= 4 is 56.2 Å². The van der Waals surface area contributed by atoms with Crippen molar-refractivity contribution in [1.82, 2.24) is 5.43 Å². The molecule has 10 heteroatoms. The Morgan fingerprint density at radius 3 is 2.24 bits per heavy atom. The molecule has 0 aliphatic rings. The molecule has 1 amide bonds. The predicted molar refractivity (Wildman–Crippen MR) is 159 cm³/mol. The van der Waals surface area contributed by atoms with Crippen molar-refractivity contribution < 1.29 is 22.7 Å². The number of amides is 1. The first-order valence-electron chi connectivity index (χ1n) is 12.3. The maximum atomic E-state index is 13.1. The average molecular weight is 584 g/mol. The van der Waals surface area contributed by atoms with Crippen LogP contribution in [0.15, 0.2) is 125 Å². The van der Waals surface area contributed by atoms with Crippen LogP contribution in [0.2, 0.25) is 5.02 Å². The molecule has 41 heavy (non-hydrogen) atoms. The number of halogens is 1. The molecule has 0 fully saturated rings. The molecule has 0 aliphatic carbocycles. The van der Waals surface area contributed by atoms with E-state index in [1.54, 1.807) is 48.5 Å². The lowest BCUT2D eigenvalue weighted by molar-refractivity contribution is 0.0734. The summed E-state index contributed by atoms with van der Waals surface area (Å²) in [6.07, 6.45) is 1.38. The molecule has 0 aliphatic heterocycles. The number of nitrogens with one attached hydrogen (secondary N) is 2. The average Bonchev–Trinajstić information content (AvgIpc) is 2.98. The van der Waals surface area contributed by atoms with Crippen LogP contribution >= 0.6 is 11.6 Å². The van der Waals surface area contributed by atoms with Crippen molar-refractivity contribution in [2.24, 2.45) is 5.10 Å². The summed E-state index contributed by atoms with van der Waals surface area (Å²) in [4.78, 5) is 25.8. The molecule has 0 bridgehead atoms. The lowest BCUT2D eigenvalue weighted by Crippen LogP contribution is -2.21. The standard InChI is InChI=1S/C31H22ClN3O5S/c32-23-15-17-24(18-16-23)41(38,39)35-28-13-7-6-12-26(28)30(36)34-33-20-27-25-11-5-4-8-21(25)14-19-29(27)40-31(37)22-9-2-1-3-10-22/h1-20,35H,(H,34,36)/b33-20+. The van der Waals surface area contributed by atoms with E-state index in [1.807, 2.05) is 30.3 Å². The van der Waals surface area contributed by atoms with E-state index in [1.165, 1.54) is 42.6 Å². The van der Waals surface area contributed by atoms with Crippen molar-refractivity contribution in [3.05, 3.63) is 137 Å². The highest BCUT2D eigenvalue weighted by atomic mass is 35.5. The molecule has 0 heterocycles. The van der Waals surface area contributed by atoms with E-state index in [0.717, 1.165) is 10.8 Å². The first-order chi connectivity index (χ1) is 19.8. The van der Waals surface area contributed by atoms with Crippen LogP contribution in [-0.4, -0.2) is 26.5 Å². The van der Waals surface area contributed by atoms with Gasteiger partial charge in [-0.1, -0.05) is 72.3 Å². The van der Waals surface area contributed by atoms with Crippen LogP contribution in [-0.2, 0) is 10.0 Å². The lowest BCUT2D eigenvalue weighted by Gasteiger charge is -2.12. The summed E-state index contributed by atoms with van der Waals surface area (Å²) in [7, 11) is -3.99. The quantitative estimate of drug-likeness (QED) is 0.0966. The van der Waals surface area contributed by atoms with E-state index in [0.29, 0.717) is 16.1 Å². The van der Waals surface area contributed by atoms with Crippen molar-refractivity contribution in [3.8, 4) is 5.75 Å². The third kappa shape index (κ3) is 6.43.